The summed E-state index contributed by atoms with van der Waals surface area (Å²) in [5.41, 5.74) is 1.14. The van der Waals surface area contributed by atoms with Gasteiger partial charge in [-0.15, -0.1) is 0 Å². The van der Waals surface area contributed by atoms with Crippen LogP contribution in [0.1, 0.15) is 27.8 Å². The zero-order valence-electron chi connectivity index (χ0n) is 10.3. The van der Waals surface area contributed by atoms with Gasteiger partial charge in [-0.2, -0.15) is 0 Å². The van der Waals surface area contributed by atoms with Gasteiger partial charge in [0.25, 0.3) is 0 Å². The van der Waals surface area contributed by atoms with Gasteiger partial charge in [0.2, 0.25) is 5.76 Å². The third-order valence-electron chi connectivity index (χ3n) is 2.50. The highest BCUT2D eigenvalue weighted by atomic mass is 16.5. The molecule has 19 heavy (non-hydrogen) atoms. The molecule has 1 N–H and O–H groups in total. The zero-order chi connectivity index (χ0) is 13.8. The summed E-state index contributed by atoms with van der Waals surface area (Å²) in [4.78, 5) is 22.2. The van der Waals surface area contributed by atoms with E-state index in [1.165, 1.54) is 6.07 Å². The van der Waals surface area contributed by atoms with Crippen molar-refractivity contribution >= 4 is 11.9 Å². The van der Waals surface area contributed by atoms with Gasteiger partial charge >= 0.3 is 11.9 Å². The van der Waals surface area contributed by atoms with Crippen LogP contribution in [-0.2, 0) is 4.74 Å². The molecule has 0 radical (unpaired) electrons. The highest BCUT2D eigenvalue weighted by Gasteiger charge is 2.11. The maximum Gasteiger partial charge on any atom is 0.371 e. The zero-order valence-corrected chi connectivity index (χ0v) is 10.3. The fraction of sp³-hybridized carbons (Fsp3) is 0.143. The molecular formula is C14H12O5. The van der Waals surface area contributed by atoms with E-state index in [0.29, 0.717) is 23.5 Å². The highest BCUT2D eigenvalue weighted by molar-refractivity contribution is 5.90. The van der Waals surface area contributed by atoms with Crippen LogP contribution in [0, 0.1) is 0 Å². The predicted molar refractivity (Wildman–Crippen MR) is 67.1 cm³/mol. The van der Waals surface area contributed by atoms with E-state index in [-0.39, 0.29) is 11.7 Å². The Morgan fingerprint density at radius 1 is 1.16 bits per heavy atom. The van der Waals surface area contributed by atoms with Crippen LogP contribution in [-0.4, -0.2) is 23.7 Å². The van der Waals surface area contributed by atoms with Gasteiger partial charge in [-0.3, -0.25) is 0 Å². The summed E-state index contributed by atoms with van der Waals surface area (Å²) < 4.78 is 10.0. The lowest BCUT2D eigenvalue weighted by Crippen LogP contribution is -2.03. The maximum atomic E-state index is 11.5. The van der Waals surface area contributed by atoms with E-state index < -0.39 is 5.97 Å². The lowest BCUT2D eigenvalue weighted by molar-refractivity contribution is 0.0526. The van der Waals surface area contributed by atoms with Crippen LogP contribution in [0.3, 0.4) is 0 Å². The normalized spacial score (nSPS) is 10.2. The minimum atomic E-state index is -1.12. The summed E-state index contributed by atoms with van der Waals surface area (Å²) in [6, 6.07) is 9.53. The number of rotatable bonds is 4. The molecule has 0 aliphatic rings. The van der Waals surface area contributed by atoms with Gasteiger partial charge in [-0.25, -0.2) is 9.59 Å². The lowest BCUT2D eigenvalue weighted by atomic mass is 10.1. The Hall–Kier alpha value is -2.56. The van der Waals surface area contributed by atoms with Gasteiger partial charge in [0.05, 0.1) is 12.2 Å². The van der Waals surface area contributed by atoms with Crippen molar-refractivity contribution in [1.82, 2.24) is 0 Å². The number of furan rings is 1. The first kappa shape index (κ1) is 12.9. The molecule has 5 heteroatoms. The van der Waals surface area contributed by atoms with Gasteiger partial charge in [-0.05, 0) is 31.2 Å². The Bertz CT molecular complexity index is 595. The average Bonchev–Trinajstić information content (AvgIpc) is 2.89. The van der Waals surface area contributed by atoms with Crippen molar-refractivity contribution in [2.45, 2.75) is 6.92 Å². The number of carbonyl (C=O) groups excluding carboxylic acids is 1. The molecule has 1 aromatic carbocycles. The summed E-state index contributed by atoms with van der Waals surface area (Å²) in [6.45, 7) is 2.06. The number of hydrogen-bond acceptors (Lipinski definition) is 4. The van der Waals surface area contributed by atoms with Gasteiger partial charge in [0.1, 0.15) is 5.76 Å². The molecule has 2 aromatic rings. The molecular weight excluding hydrogens is 248 g/mol. The summed E-state index contributed by atoms with van der Waals surface area (Å²) in [5.74, 6) is -1.19. The van der Waals surface area contributed by atoms with Crippen LogP contribution in [0.25, 0.3) is 11.3 Å². The van der Waals surface area contributed by atoms with Crippen molar-refractivity contribution in [2.75, 3.05) is 6.61 Å². The molecule has 0 aliphatic heterocycles. The van der Waals surface area contributed by atoms with E-state index >= 15 is 0 Å². The number of hydrogen-bond donors (Lipinski definition) is 1. The minimum absolute atomic E-state index is 0.121. The van der Waals surface area contributed by atoms with Crippen LogP contribution in [0.4, 0.5) is 0 Å². The van der Waals surface area contributed by atoms with Gasteiger partial charge in [-0.1, -0.05) is 12.1 Å². The van der Waals surface area contributed by atoms with Crippen molar-refractivity contribution < 1.29 is 23.8 Å². The number of carbonyl (C=O) groups is 2. The standard InChI is InChI=1S/C14H12O5/c1-2-18-14(17)10-5-3-9(4-6-10)11-7-8-12(19-11)13(15)16/h3-8H,2H2,1H3,(H,15,16). The summed E-state index contributed by atoms with van der Waals surface area (Å²) in [6.07, 6.45) is 0. The molecule has 98 valence electrons. The first-order valence-electron chi connectivity index (χ1n) is 5.72. The van der Waals surface area contributed by atoms with Crippen molar-refractivity contribution in [3.63, 3.8) is 0 Å². The van der Waals surface area contributed by atoms with E-state index in [9.17, 15) is 9.59 Å². The fourth-order valence-electron chi connectivity index (χ4n) is 1.59. The van der Waals surface area contributed by atoms with Gasteiger partial charge in [0, 0.05) is 5.56 Å². The van der Waals surface area contributed by atoms with E-state index in [4.69, 9.17) is 14.3 Å². The molecule has 0 atom stereocenters. The Kier molecular flexibility index (Phi) is 3.66. The number of ether oxygens (including phenoxy) is 1. The topological polar surface area (TPSA) is 76.7 Å². The summed E-state index contributed by atoms with van der Waals surface area (Å²) in [7, 11) is 0. The van der Waals surface area contributed by atoms with E-state index in [0.717, 1.165) is 0 Å². The third-order valence-corrected chi connectivity index (χ3v) is 2.50. The van der Waals surface area contributed by atoms with Crippen LogP contribution in [0.5, 0.6) is 0 Å². The lowest BCUT2D eigenvalue weighted by Gasteiger charge is -2.02. The number of carboxylic acid groups (broad SMARTS) is 1. The number of aromatic carboxylic acids is 1. The number of benzene rings is 1. The Labute approximate surface area is 109 Å². The number of esters is 1. The van der Waals surface area contributed by atoms with Crippen LogP contribution in [0.2, 0.25) is 0 Å². The second-order valence-electron chi connectivity index (χ2n) is 3.77. The molecule has 0 fully saturated rings. The van der Waals surface area contributed by atoms with E-state index in [2.05, 4.69) is 0 Å². The summed E-state index contributed by atoms with van der Waals surface area (Å²) >= 11 is 0. The van der Waals surface area contributed by atoms with Crippen molar-refractivity contribution in [1.29, 1.82) is 0 Å². The minimum Gasteiger partial charge on any atom is -0.475 e. The molecule has 0 spiro atoms. The van der Waals surface area contributed by atoms with Crippen LogP contribution in [0.15, 0.2) is 40.8 Å². The fourth-order valence-corrected chi connectivity index (χ4v) is 1.59. The Morgan fingerprint density at radius 2 is 1.84 bits per heavy atom. The van der Waals surface area contributed by atoms with Gasteiger partial charge in [0.15, 0.2) is 0 Å². The second-order valence-corrected chi connectivity index (χ2v) is 3.77. The second kappa shape index (κ2) is 5.39. The molecule has 0 amide bonds. The van der Waals surface area contributed by atoms with Gasteiger partial charge < -0.3 is 14.3 Å². The predicted octanol–water partition coefficient (Wildman–Crippen LogP) is 2.82. The Balaban J connectivity index is 2.22. The Morgan fingerprint density at radius 3 is 2.37 bits per heavy atom. The maximum absolute atomic E-state index is 11.5. The molecule has 0 saturated heterocycles. The molecule has 1 aromatic heterocycles. The van der Waals surface area contributed by atoms with E-state index in [1.54, 1.807) is 37.3 Å². The van der Waals surface area contributed by atoms with E-state index in [1.807, 2.05) is 0 Å². The number of carboxylic acids is 1. The van der Waals surface area contributed by atoms with Crippen LogP contribution >= 0.6 is 0 Å². The first-order chi connectivity index (χ1) is 9.11. The molecule has 0 saturated carbocycles. The van der Waals surface area contributed by atoms with Crippen molar-refractivity contribution in [3.8, 4) is 11.3 Å². The summed E-state index contributed by atoms with van der Waals surface area (Å²) in [5, 5.41) is 8.77. The molecule has 0 bridgehead atoms. The largest absolute Gasteiger partial charge is 0.475 e. The monoisotopic (exact) mass is 260 g/mol. The molecule has 2 rings (SSSR count). The van der Waals surface area contributed by atoms with Crippen molar-refractivity contribution in [3.05, 3.63) is 47.7 Å². The highest BCUT2D eigenvalue weighted by Crippen LogP contribution is 2.22. The molecule has 0 aliphatic carbocycles. The first-order valence-corrected chi connectivity index (χ1v) is 5.72. The smallest absolute Gasteiger partial charge is 0.371 e. The SMILES string of the molecule is CCOC(=O)c1ccc(-c2ccc(C(=O)O)o2)cc1. The molecule has 0 unspecified atom stereocenters. The molecule has 1 heterocycles. The third kappa shape index (κ3) is 2.82. The average molecular weight is 260 g/mol. The van der Waals surface area contributed by atoms with Crippen LogP contribution < -0.4 is 0 Å². The van der Waals surface area contributed by atoms with Crippen molar-refractivity contribution in [2.24, 2.45) is 0 Å². The quantitative estimate of drug-likeness (QED) is 0.855. The molecule has 5 nitrogen and oxygen atoms in total.